The predicted molar refractivity (Wildman–Crippen MR) is 141 cm³/mol. The zero-order valence-corrected chi connectivity index (χ0v) is 21.4. The third kappa shape index (κ3) is 6.38. The van der Waals surface area contributed by atoms with Gasteiger partial charge in [-0.2, -0.15) is 0 Å². The van der Waals surface area contributed by atoms with Crippen LogP contribution in [0.15, 0.2) is 55.0 Å². The van der Waals surface area contributed by atoms with E-state index in [0.29, 0.717) is 22.2 Å². The largest absolute Gasteiger partial charge is 0.489 e. The molecule has 9 heteroatoms. The summed E-state index contributed by atoms with van der Waals surface area (Å²) >= 11 is 5.87. The van der Waals surface area contributed by atoms with Crippen LogP contribution in [0.1, 0.15) is 59.9 Å². The summed E-state index contributed by atoms with van der Waals surface area (Å²) in [5, 5.41) is 9.34. The molecule has 0 atom stereocenters. The topological polar surface area (TPSA) is 105 Å². The van der Waals surface area contributed by atoms with Crippen molar-refractivity contribution in [2.45, 2.75) is 45.1 Å². The summed E-state index contributed by atoms with van der Waals surface area (Å²) in [5.41, 5.74) is 1.89. The van der Waals surface area contributed by atoms with Gasteiger partial charge in [0, 0.05) is 12.4 Å². The molecule has 1 aliphatic rings. The monoisotopic (exact) mass is 507 g/mol. The second-order valence-electron chi connectivity index (χ2n) is 9.72. The number of nitrogens with one attached hydrogen (secondary N) is 3. The van der Waals surface area contributed by atoms with E-state index in [1.165, 1.54) is 24.7 Å². The van der Waals surface area contributed by atoms with Crippen molar-refractivity contribution in [3.05, 3.63) is 76.7 Å². The van der Waals surface area contributed by atoms with Crippen molar-refractivity contribution in [1.82, 2.24) is 15.3 Å². The van der Waals surface area contributed by atoms with Gasteiger partial charge in [0.2, 0.25) is 0 Å². The number of carbonyl (C=O) groups excluding carboxylic acids is 2. The molecule has 1 saturated heterocycles. The summed E-state index contributed by atoms with van der Waals surface area (Å²) in [6, 6.07) is 10.4. The van der Waals surface area contributed by atoms with Gasteiger partial charge in [-0.15, -0.1) is 0 Å². The van der Waals surface area contributed by atoms with E-state index < -0.39 is 5.91 Å². The van der Waals surface area contributed by atoms with Gasteiger partial charge in [0.05, 0.1) is 28.0 Å². The highest BCUT2D eigenvalue weighted by atomic mass is 35.5. The Hall–Kier alpha value is -3.49. The van der Waals surface area contributed by atoms with E-state index in [1.807, 2.05) is 12.1 Å². The second kappa shape index (κ2) is 11.1. The van der Waals surface area contributed by atoms with Gasteiger partial charge >= 0.3 is 0 Å². The third-order valence-electron chi connectivity index (χ3n) is 5.95. The maximum absolute atomic E-state index is 13.4. The van der Waals surface area contributed by atoms with Gasteiger partial charge in [0.25, 0.3) is 11.8 Å². The fourth-order valence-electron chi connectivity index (χ4n) is 3.88. The fraction of sp³-hybridized carbons (Fsp3) is 0.333. The van der Waals surface area contributed by atoms with Gasteiger partial charge < -0.3 is 20.7 Å². The molecule has 188 valence electrons. The number of halogens is 1. The number of hydrogen-bond donors (Lipinski definition) is 3. The lowest BCUT2D eigenvalue weighted by atomic mass is 9.86. The van der Waals surface area contributed by atoms with Gasteiger partial charge in [-0.25, -0.2) is 4.98 Å². The van der Waals surface area contributed by atoms with Crippen molar-refractivity contribution in [1.29, 1.82) is 0 Å². The van der Waals surface area contributed by atoms with Crippen LogP contribution in [0.3, 0.4) is 0 Å². The Kier molecular flexibility index (Phi) is 7.86. The number of pyridine rings is 2. The molecule has 1 aliphatic heterocycles. The average Bonchev–Trinajstić information content (AvgIpc) is 2.85. The van der Waals surface area contributed by atoms with Crippen molar-refractivity contribution in [3.63, 3.8) is 0 Å². The van der Waals surface area contributed by atoms with E-state index in [9.17, 15) is 9.59 Å². The van der Waals surface area contributed by atoms with E-state index in [0.717, 1.165) is 31.5 Å². The van der Waals surface area contributed by atoms with E-state index >= 15 is 0 Å². The number of piperidine rings is 1. The van der Waals surface area contributed by atoms with Gasteiger partial charge in [0.15, 0.2) is 0 Å². The second-order valence-corrected chi connectivity index (χ2v) is 10.2. The van der Waals surface area contributed by atoms with Crippen molar-refractivity contribution in [2.75, 3.05) is 23.7 Å². The van der Waals surface area contributed by atoms with Crippen molar-refractivity contribution in [2.24, 2.45) is 0 Å². The minimum absolute atomic E-state index is 0.0274. The van der Waals surface area contributed by atoms with Crippen LogP contribution in [0, 0.1) is 0 Å². The van der Waals surface area contributed by atoms with E-state index in [4.69, 9.17) is 16.3 Å². The standard InChI is InChI=1S/C27H30ClN5O3/c1-27(2,3)17-4-6-21(23(14-17)36-19-8-11-29-12-9-19)26(35)32-22-16-30-13-10-20(22)25(34)33-24-7-5-18(28)15-31-24/h4-7,10,13-16,19,29H,8-9,11-12H2,1-3H3,(H,32,35)(H,31,33,34). The van der Waals surface area contributed by atoms with Crippen LogP contribution < -0.4 is 20.7 Å². The molecule has 0 radical (unpaired) electrons. The Bertz CT molecular complexity index is 1230. The number of benzene rings is 1. The minimum Gasteiger partial charge on any atom is -0.489 e. The molecule has 2 aromatic heterocycles. The molecule has 36 heavy (non-hydrogen) atoms. The molecule has 0 spiro atoms. The molecule has 0 unspecified atom stereocenters. The van der Waals surface area contributed by atoms with Crippen LogP contribution in [0.5, 0.6) is 5.75 Å². The number of rotatable bonds is 6. The molecular formula is C27H30ClN5O3. The molecule has 1 fully saturated rings. The van der Waals surface area contributed by atoms with Crippen LogP contribution >= 0.6 is 11.6 Å². The van der Waals surface area contributed by atoms with Crippen LogP contribution in [-0.4, -0.2) is 41.0 Å². The van der Waals surface area contributed by atoms with Crippen LogP contribution in [0.4, 0.5) is 11.5 Å². The summed E-state index contributed by atoms with van der Waals surface area (Å²) in [7, 11) is 0. The third-order valence-corrected chi connectivity index (χ3v) is 6.18. The predicted octanol–water partition coefficient (Wildman–Crippen LogP) is 5.06. The molecule has 3 aromatic rings. The molecule has 0 aliphatic carbocycles. The molecule has 0 saturated carbocycles. The SMILES string of the molecule is CC(C)(C)c1ccc(C(=O)Nc2cnccc2C(=O)Nc2ccc(Cl)cn2)c(OC2CCNCC2)c1. The molecule has 8 nitrogen and oxygen atoms in total. The number of ether oxygens (including phenoxy) is 1. The Morgan fingerprint density at radius 2 is 1.75 bits per heavy atom. The number of aromatic nitrogens is 2. The normalized spacial score (nSPS) is 14.2. The molecule has 3 N–H and O–H groups in total. The summed E-state index contributed by atoms with van der Waals surface area (Å²) in [4.78, 5) is 34.5. The molecule has 1 aromatic carbocycles. The van der Waals surface area contributed by atoms with E-state index in [-0.39, 0.29) is 28.7 Å². The number of hydrogen-bond acceptors (Lipinski definition) is 6. The highest BCUT2D eigenvalue weighted by molar-refractivity contribution is 6.30. The van der Waals surface area contributed by atoms with Crippen LogP contribution in [-0.2, 0) is 5.41 Å². The maximum atomic E-state index is 13.4. The number of carbonyl (C=O) groups is 2. The van der Waals surface area contributed by atoms with Crippen LogP contribution in [0.2, 0.25) is 5.02 Å². The van der Waals surface area contributed by atoms with Crippen molar-refractivity contribution >= 4 is 34.9 Å². The maximum Gasteiger partial charge on any atom is 0.259 e. The Morgan fingerprint density at radius 3 is 2.44 bits per heavy atom. The van der Waals surface area contributed by atoms with Gasteiger partial charge in [0.1, 0.15) is 17.7 Å². The molecule has 4 rings (SSSR count). The minimum atomic E-state index is -0.434. The molecular weight excluding hydrogens is 478 g/mol. The lowest BCUT2D eigenvalue weighted by Gasteiger charge is -2.27. The number of anilines is 2. The number of amides is 2. The Morgan fingerprint density at radius 1 is 1.00 bits per heavy atom. The van der Waals surface area contributed by atoms with E-state index in [1.54, 1.807) is 18.2 Å². The van der Waals surface area contributed by atoms with E-state index in [2.05, 4.69) is 46.7 Å². The zero-order chi connectivity index (χ0) is 25.7. The summed E-state index contributed by atoms with van der Waals surface area (Å²) in [6.07, 6.45) is 6.14. The van der Waals surface area contributed by atoms with Gasteiger partial charge in [-0.05, 0) is 67.2 Å². The summed E-state index contributed by atoms with van der Waals surface area (Å²) in [5.74, 6) is 0.0591. The summed E-state index contributed by atoms with van der Waals surface area (Å²) in [6.45, 7) is 8.11. The Balaban J connectivity index is 1.58. The smallest absolute Gasteiger partial charge is 0.259 e. The fourth-order valence-corrected chi connectivity index (χ4v) is 3.99. The average molecular weight is 508 g/mol. The molecule has 3 heterocycles. The molecule has 0 bridgehead atoms. The first kappa shape index (κ1) is 25.6. The van der Waals surface area contributed by atoms with Crippen molar-refractivity contribution < 1.29 is 14.3 Å². The number of nitrogens with zero attached hydrogens (tertiary/aromatic N) is 2. The highest BCUT2D eigenvalue weighted by Gasteiger charge is 2.23. The lowest BCUT2D eigenvalue weighted by molar-refractivity contribution is 0.101. The van der Waals surface area contributed by atoms with Crippen LogP contribution in [0.25, 0.3) is 0 Å². The first-order chi connectivity index (χ1) is 17.2. The molecule has 2 amide bonds. The zero-order valence-electron chi connectivity index (χ0n) is 20.6. The lowest BCUT2D eigenvalue weighted by Crippen LogP contribution is -2.34. The highest BCUT2D eigenvalue weighted by Crippen LogP contribution is 2.31. The first-order valence-electron chi connectivity index (χ1n) is 11.9. The van der Waals surface area contributed by atoms with Gasteiger partial charge in [-0.1, -0.05) is 38.4 Å². The Labute approximate surface area is 215 Å². The quantitative estimate of drug-likeness (QED) is 0.430. The van der Waals surface area contributed by atoms with Gasteiger partial charge in [-0.3, -0.25) is 14.6 Å². The first-order valence-corrected chi connectivity index (χ1v) is 12.3. The van der Waals surface area contributed by atoms with Crippen molar-refractivity contribution in [3.8, 4) is 5.75 Å². The summed E-state index contributed by atoms with van der Waals surface area (Å²) < 4.78 is 6.33.